The molecule has 1 aromatic rings. The summed E-state index contributed by atoms with van der Waals surface area (Å²) in [5.41, 5.74) is 2.14. The third kappa shape index (κ3) is 5.72. The van der Waals surface area contributed by atoms with Crippen LogP contribution in [-0.2, 0) is 4.79 Å². The molecule has 106 valence electrons. The molecular weight excluding hydrogens is 246 g/mol. The van der Waals surface area contributed by atoms with Gasteiger partial charge in [0, 0.05) is 6.54 Å². The molecule has 0 heterocycles. The molecule has 19 heavy (non-hydrogen) atoms. The summed E-state index contributed by atoms with van der Waals surface area (Å²) in [7, 11) is 0. The minimum atomic E-state index is -0.913. The monoisotopic (exact) mass is 267 g/mol. The highest BCUT2D eigenvalue weighted by molar-refractivity contribution is 5.76. The first-order valence-electron chi connectivity index (χ1n) is 6.28. The average Bonchev–Trinajstić information content (AvgIpc) is 2.40. The van der Waals surface area contributed by atoms with Crippen LogP contribution in [-0.4, -0.2) is 42.0 Å². The highest BCUT2D eigenvalue weighted by Crippen LogP contribution is 2.19. The van der Waals surface area contributed by atoms with Crippen molar-refractivity contribution in [3.8, 4) is 5.75 Å². The van der Waals surface area contributed by atoms with Gasteiger partial charge in [0.25, 0.3) is 0 Å². The van der Waals surface area contributed by atoms with Gasteiger partial charge in [-0.05, 0) is 31.0 Å². The first-order chi connectivity index (χ1) is 9.02. The lowest BCUT2D eigenvalue weighted by atomic mass is 10.1. The molecule has 3 N–H and O–H groups in total. The number of benzene rings is 1. The van der Waals surface area contributed by atoms with Crippen LogP contribution in [0.4, 0.5) is 0 Å². The number of aryl methyl sites for hydroxylation is 2. The highest BCUT2D eigenvalue weighted by Gasteiger charge is 2.06. The van der Waals surface area contributed by atoms with E-state index in [1.54, 1.807) is 0 Å². The molecule has 0 spiro atoms. The maximum Gasteiger partial charge on any atom is 0.223 e. The van der Waals surface area contributed by atoms with E-state index in [-0.39, 0.29) is 32.1 Å². The summed E-state index contributed by atoms with van der Waals surface area (Å²) in [6.45, 7) is 3.91. The Morgan fingerprint density at radius 2 is 2.16 bits per heavy atom. The van der Waals surface area contributed by atoms with E-state index in [1.807, 2.05) is 32.0 Å². The molecule has 1 aromatic carbocycles. The predicted octanol–water partition coefficient (Wildman–Crippen LogP) is 0.542. The number of aliphatic hydroxyl groups excluding tert-OH is 2. The summed E-state index contributed by atoms with van der Waals surface area (Å²) in [4.78, 5) is 11.4. The van der Waals surface area contributed by atoms with Gasteiger partial charge in [0.1, 0.15) is 5.75 Å². The van der Waals surface area contributed by atoms with Crippen molar-refractivity contribution in [3.63, 3.8) is 0 Å². The number of hydrogen-bond acceptors (Lipinski definition) is 4. The van der Waals surface area contributed by atoms with Gasteiger partial charge in [-0.15, -0.1) is 0 Å². The molecule has 1 atom stereocenters. The number of hydrogen-bond donors (Lipinski definition) is 3. The van der Waals surface area contributed by atoms with E-state index in [2.05, 4.69) is 5.32 Å². The zero-order valence-electron chi connectivity index (χ0n) is 11.3. The summed E-state index contributed by atoms with van der Waals surface area (Å²) >= 11 is 0. The van der Waals surface area contributed by atoms with Crippen LogP contribution in [0, 0.1) is 13.8 Å². The topological polar surface area (TPSA) is 78.8 Å². The molecule has 5 heteroatoms. The zero-order valence-corrected chi connectivity index (χ0v) is 11.3. The number of aliphatic hydroxyl groups is 2. The Morgan fingerprint density at radius 3 is 2.84 bits per heavy atom. The van der Waals surface area contributed by atoms with Gasteiger partial charge < -0.3 is 20.3 Å². The minimum absolute atomic E-state index is 0.0544. The normalized spacial score (nSPS) is 12.0. The lowest BCUT2D eigenvalue weighted by Gasteiger charge is -2.11. The molecular formula is C14H21NO4. The van der Waals surface area contributed by atoms with Crippen LogP contribution in [0.1, 0.15) is 17.5 Å². The quantitative estimate of drug-likeness (QED) is 0.674. The van der Waals surface area contributed by atoms with Gasteiger partial charge in [-0.2, -0.15) is 0 Å². The second kappa shape index (κ2) is 7.76. The van der Waals surface area contributed by atoms with Crippen LogP contribution in [0.5, 0.6) is 5.75 Å². The summed E-state index contributed by atoms with van der Waals surface area (Å²) in [6, 6.07) is 5.91. The smallest absolute Gasteiger partial charge is 0.223 e. The number of nitrogens with one attached hydrogen (secondary N) is 1. The molecule has 0 aliphatic rings. The number of carbonyl (C=O) groups excluding carboxylic acids is 1. The molecule has 0 fully saturated rings. The van der Waals surface area contributed by atoms with Gasteiger partial charge in [0.2, 0.25) is 5.91 Å². The number of amides is 1. The molecule has 0 saturated carbocycles. The van der Waals surface area contributed by atoms with Gasteiger partial charge in [-0.25, -0.2) is 0 Å². The number of rotatable bonds is 7. The second-order valence-electron chi connectivity index (χ2n) is 4.51. The standard InChI is InChI=1S/C14H21NO4/c1-10-3-4-11(2)13(7-10)19-6-5-14(18)15-8-12(17)9-16/h3-4,7,12,16-17H,5-6,8-9H2,1-2H3,(H,15,18). The van der Waals surface area contributed by atoms with Gasteiger partial charge in [-0.3, -0.25) is 4.79 Å². The third-order valence-electron chi connectivity index (χ3n) is 2.68. The fourth-order valence-electron chi connectivity index (χ4n) is 1.50. The fraction of sp³-hybridized carbons (Fsp3) is 0.500. The summed E-state index contributed by atoms with van der Waals surface area (Å²) in [6.07, 6.45) is -0.699. The Labute approximate surface area is 113 Å². The van der Waals surface area contributed by atoms with Crippen LogP contribution < -0.4 is 10.1 Å². The Balaban J connectivity index is 2.30. The van der Waals surface area contributed by atoms with Crippen LogP contribution in [0.25, 0.3) is 0 Å². The van der Waals surface area contributed by atoms with Crippen molar-refractivity contribution in [3.05, 3.63) is 29.3 Å². The third-order valence-corrected chi connectivity index (χ3v) is 2.68. The predicted molar refractivity (Wildman–Crippen MR) is 72.1 cm³/mol. The maximum absolute atomic E-state index is 11.4. The van der Waals surface area contributed by atoms with Crippen molar-refractivity contribution in [2.75, 3.05) is 19.8 Å². The van der Waals surface area contributed by atoms with Gasteiger partial charge in [-0.1, -0.05) is 12.1 Å². The molecule has 0 aliphatic carbocycles. The Bertz CT molecular complexity index is 420. The van der Waals surface area contributed by atoms with E-state index in [0.717, 1.165) is 16.9 Å². The van der Waals surface area contributed by atoms with Gasteiger partial charge in [0.15, 0.2) is 0 Å². The van der Waals surface area contributed by atoms with E-state index in [0.29, 0.717) is 0 Å². The van der Waals surface area contributed by atoms with E-state index in [1.165, 1.54) is 0 Å². The van der Waals surface area contributed by atoms with Crippen LogP contribution >= 0.6 is 0 Å². The van der Waals surface area contributed by atoms with Crippen LogP contribution in [0.2, 0.25) is 0 Å². The van der Waals surface area contributed by atoms with Gasteiger partial charge in [0.05, 0.1) is 25.7 Å². The van der Waals surface area contributed by atoms with Crippen molar-refractivity contribution < 1.29 is 19.7 Å². The molecule has 0 aliphatic heterocycles. The SMILES string of the molecule is Cc1ccc(C)c(OCCC(=O)NCC(O)CO)c1. The van der Waals surface area contributed by atoms with Crippen molar-refractivity contribution in [1.29, 1.82) is 0 Å². The summed E-state index contributed by atoms with van der Waals surface area (Å²) < 4.78 is 5.55. The molecule has 5 nitrogen and oxygen atoms in total. The van der Waals surface area contributed by atoms with Crippen LogP contribution in [0.15, 0.2) is 18.2 Å². The van der Waals surface area contributed by atoms with Crippen molar-refractivity contribution in [1.82, 2.24) is 5.32 Å². The molecule has 0 radical (unpaired) electrons. The van der Waals surface area contributed by atoms with Crippen molar-refractivity contribution >= 4 is 5.91 Å². The van der Waals surface area contributed by atoms with E-state index in [9.17, 15) is 4.79 Å². The number of carbonyl (C=O) groups is 1. The Kier molecular flexibility index (Phi) is 6.32. The molecule has 0 saturated heterocycles. The van der Waals surface area contributed by atoms with E-state index >= 15 is 0 Å². The first-order valence-corrected chi connectivity index (χ1v) is 6.28. The van der Waals surface area contributed by atoms with E-state index < -0.39 is 6.10 Å². The molecule has 1 amide bonds. The number of ether oxygens (including phenoxy) is 1. The lowest BCUT2D eigenvalue weighted by Crippen LogP contribution is -2.34. The van der Waals surface area contributed by atoms with E-state index in [4.69, 9.17) is 14.9 Å². The minimum Gasteiger partial charge on any atom is -0.493 e. The van der Waals surface area contributed by atoms with Crippen molar-refractivity contribution in [2.24, 2.45) is 0 Å². The summed E-state index contributed by atoms with van der Waals surface area (Å²) in [5, 5.41) is 20.2. The van der Waals surface area contributed by atoms with Crippen molar-refractivity contribution in [2.45, 2.75) is 26.4 Å². The molecule has 0 aromatic heterocycles. The lowest BCUT2D eigenvalue weighted by molar-refractivity contribution is -0.122. The van der Waals surface area contributed by atoms with Crippen LogP contribution in [0.3, 0.4) is 0 Å². The van der Waals surface area contributed by atoms with Gasteiger partial charge >= 0.3 is 0 Å². The highest BCUT2D eigenvalue weighted by atomic mass is 16.5. The maximum atomic E-state index is 11.4. The fourth-order valence-corrected chi connectivity index (χ4v) is 1.50. The largest absolute Gasteiger partial charge is 0.493 e. The Morgan fingerprint density at radius 1 is 1.42 bits per heavy atom. The first kappa shape index (κ1) is 15.5. The Hall–Kier alpha value is -1.59. The molecule has 0 bridgehead atoms. The second-order valence-corrected chi connectivity index (χ2v) is 4.51. The molecule has 1 rings (SSSR count). The zero-order chi connectivity index (χ0) is 14.3. The summed E-state index contributed by atoms with van der Waals surface area (Å²) in [5.74, 6) is 0.570. The average molecular weight is 267 g/mol. The molecule has 1 unspecified atom stereocenters.